The Labute approximate surface area is 138 Å². The first-order chi connectivity index (χ1) is 11.6. The van der Waals surface area contributed by atoms with Crippen LogP contribution < -0.4 is 4.74 Å². The number of hydrogen-bond donors (Lipinski definition) is 1. The molecule has 1 saturated carbocycles. The van der Waals surface area contributed by atoms with E-state index in [2.05, 4.69) is 5.10 Å². The monoisotopic (exact) mass is 326 g/mol. The highest BCUT2D eigenvalue weighted by Crippen LogP contribution is 2.31. The minimum atomic E-state index is -0.995. The van der Waals surface area contributed by atoms with Crippen molar-refractivity contribution < 1.29 is 19.1 Å². The van der Waals surface area contributed by atoms with Gasteiger partial charge < -0.3 is 14.3 Å². The van der Waals surface area contributed by atoms with Crippen molar-refractivity contribution in [2.24, 2.45) is 5.92 Å². The molecule has 2 heterocycles. The molecule has 0 radical (unpaired) electrons. The maximum absolute atomic E-state index is 11.4. The second-order valence-electron chi connectivity index (χ2n) is 6.23. The summed E-state index contributed by atoms with van der Waals surface area (Å²) >= 11 is 0. The van der Waals surface area contributed by atoms with Crippen LogP contribution in [0.1, 0.15) is 34.7 Å². The molecule has 4 rings (SSSR count). The van der Waals surface area contributed by atoms with E-state index in [1.807, 2.05) is 10.7 Å². The summed E-state index contributed by atoms with van der Waals surface area (Å²) in [6.45, 7) is 2.99. The second kappa shape index (κ2) is 5.70. The van der Waals surface area contributed by atoms with Crippen LogP contribution in [0, 0.1) is 12.8 Å². The number of rotatable bonds is 6. The Morgan fingerprint density at radius 2 is 2.25 bits per heavy atom. The fourth-order valence-corrected chi connectivity index (χ4v) is 2.90. The number of carboxylic acid groups (broad SMARTS) is 1. The predicted octanol–water partition coefficient (Wildman–Crippen LogP) is 3.62. The summed E-state index contributed by atoms with van der Waals surface area (Å²) in [5, 5.41) is 14.2. The first-order valence-electron chi connectivity index (χ1n) is 8.02. The fourth-order valence-electron chi connectivity index (χ4n) is 2.90. The van der Waals surface area contributed by atoms with Gasteiger partial charge in [-0.3, -0.25) is 4.68 Å². The van der Waals surface area contributed by atoms with E-state index < -0.39 is 5.97 Å². The molecule has 0 bridgehead atoms. The van der Waals surface area contributed by atoms with Crippen molar-refractivity contribution in [1.82, 2.24) is 9.78 Å². The van der Waals surface area contributed by atoms with E-state index >= 15 is 0 Å². The molecular weight excluding hydrogens is 308 g/mol. The first-order valence-corrected chi connectivity index (χ1v) is 8.02. The van der Waals surface area contributed by atoms with Gasteiger partial charge in [0, 0.05) is 18.1 Å². The number of furan rings is 1. The van der Waals surface area contributed by atoms with Crippen LogP contribution in [-0.2, 0) is 13.2 Å². The standard InChI is InChI=1S/C18H18N2O4/c1-11-17(18(21)22)15-8-14(4-5-16(15)24-11)23-10-13-6-7-19-20(13)9-12-2-3-12/h4-8,12H,2-3,9-10H2,1H3,(H,21,22). The molecule has 2 aromatic heterocycles. The zero-order valence-corrected chi connectivity index (χ0v) is 13.4. The number of fused-ring (bicyclic) bond motifs is 1. The molecule has 0 atom stereocenters. The molecule has 124 valence electrons. The highest BCUT2D eigenvalue weighted by atomic mass is 16.5. The zero-order valence-electron chi connectivity index (χ0n) is 13.4. The number of nitrogens with zero attached hydrogens (tertiary/aromatic N) is 2. The quantitative estimate of drug-likeness (QED) is 0.748. The van der Waals surface area contributed by atoms with Crippen molar-refractivity contribution in [1.29, 1.82) is 0 Å². The molecule has 6 nitrogen and oxygen atoms in total. The van der Waals surface area contributed by atoms with Gasteiger partial charge in [0.25, 0.3) is 0 Å². The Bertz CT molecular complexity index is 905. The number of benzene rings is 1. The van der Waals surface area contributed by atoms with Gasteiger partial charge in [0.05, 0.1) is 5.69 Å². The number of aromatic nitrogens is 2. The highest BCUT2D eigenvalue weighted by Gasteiger charge is 2.23. The Morgan fingerprint density at radius 1 is 1.42 bits per heavy atom. The van der Waals surface area contributed by atoms with Gasteiger partial charge in [-0.2, -0.15) is 5.10 Å². The highest BCUT2D eigenvalue weighted by molar-refractivity contribution is 6.03. The van der Waals surface area contributed by atoms with Gasteiger partial charge in [0.15, 0.2) is 0 Å². The molecule has 1 N–H and O–H groups in total. The van der Waals surface area contributed by atoms with Crippen LogP contribution in [0.4, 0.5) is 0 Å². The normalized spacial score (nSPS) is 14.2. The Morgan fingerprint density at radius 3 is 3.00 bits per heavy atom. The molecule has 0 saturated heterocycles. The summed E-state index contributed by atoms with van der Waals surface area (Å²) in [6.07, 6.45) is 4.33. The van der Waals surface area contributed by atoms with Crippen LogP contribution in [0.2, 0.25) is 0 Å². The number of hydrogen-bond acceptors (Lipinski definition) is 4. The average molecular weight is 326 g/mol. The lowest BCUT2D eigenvalue weighted by atomic mass is 10.1. The third-order valence-corrected chi connectivity index (χ3v) is 4.37. The number of carbonyl (C=O) groups is 1. The molecule has 6 heteroatoms. The third kappa shape index (κ3) is 2.75. The summed E-state index contributed by atoms with van der Waals surface area (Å²) in [7, 11) is 0. The Balaban J connectivity index is 1.55. The van der Waals surface area contributed by atoms with Crippen LogP contribution >= 0.6 is 0 Å². The van der Waals surface area contributed by atoms with Crippen molar-refractivity contribution in [2.45, 2.75) is 32.9 Å². The summed E-state index contributed by atoms with van der Waals surface area (Å²) in [5.41, 5.74) is 1.76. The van der Waals surface area contributed by atoms with E-state index in [4.69, 9.17) is 9.15 Å². The maximum Gasteiger partial charge on any atom is 0.339 e. The van der Waals surface area contributed by atoms with Crippen molar-refractivity contribution in [3.05, 3.63) is 47.5 Å². The molecule has 0 aliphatic heterocycles. The molecule has 1 fully saturated rings. The van der Waals surface area contributed by atoms with Gasteiger partial charge in [0.2, 0.25) is 0 Å². The molecule has 3 aromatic rings. The molecule has 24 heavy (non-hydrogen) atoms. The Hall–Kier alpha value is -2.76. The summed E-state index contributed by atoms with van der Waals surface area (Å²) in [6, 6.07) is 7.20. The molecule has 0 unspecified atom stereocenters. The molecule has 1 aliphatic rings. The van der Waals surface area contributed by atoms with Crippen molar-refractivity contribution in [3.8, 4) is 5.75 Å². The van der Waals surface area contributed by atoms with Gasteiger partial charge in [-0.1, -0.05) is 0 Å². The molecular formula is C18H18N2O4. The van der Waals surface area contributed by atoms with Gasteiger partial charge >= 0.3 is 5.97 Å². The smallest absolute Gasteiger partial charge is 0.339 e. The lowest BCUT2D eigenvalue weighted by Crippen LogP contribution is -2.09. The van der Waals surface area contributed by atoms with Crippen LogP contribution in [0.25, 0.3) is 11.0 Å². The number of carboxylic acids is 1. The summed E-state index contributed by atoms with van der Waals surface area (Å²) in [5.74, 6) is 0.764. The summed E-state index contributed by atoms with van der Waals surface area (Å²) < 4.78 is 13.3. The second-order valence-corrected chi connectivity index (χ2v) is 6.23. The molecule has 0 spiro atoms. The molecule has 1 aliphatic carbocycles. The Kier molecular flexibility index (Phi) is 3.52. The van der Waals surface area contributed by atoms with Crippen molar-refractivity contribution >= 4 is 16.9 Å². The van der Waals surface area contributed by atoms with Crippen LogP contribution in [0.3, 0.4) is 0 Å². The third-order valence-electron chi connectivity index (χ3n) is 4.37. The van der Waals surface area contributed by atoms with Crippen LogP contribution in [-0.4, -0.2) is 20.9 Å². The number of aryl methyl sites for hydroxylation is 1. The summed E-state index contributed by atoms with van der Waals surface area (Å²) in [4.78, 5) is 11.4. The SMILES string of the molecule is Cc1oc2ccc(OCc3ccnn3CC3CC3)cc2c1C(=O)O. The maximum atomic E-state index is 11.4. The number of aromatic carboxylic acids is 1. The minimum Gasteiger partial charge on any atom is -0.487 e. The van der Waals surface area contributed by atoms with E-state index in [-0.39, 0.29) is 5.56 Å². The molecule has 1 aromatic carbocycles. The van der Waals surface area contributed by atoms with E-state index in [0.717, 1.165) is 18.2 Å². The van der Waals surface area contributed by atoms with Crippen molar-refractivity contribution in [2.75, 3.05) is 0 Å². The van der Waals surface area contributed by atoms with Gasteiger partial charge in [-0.05, 0) is 49.9 Å². The molecule has 0 amide bonds. The lowest BCUT2D eigenvalue weighted by molar-refractivity contribution is 0.0697. The topological polar surface area (TPSA) is 77.5 Å². The van der Waals surface area contributed by atoms with Gasteiger partial charge in [-0.25, -0.2) is 4.79 Å². The first kappa shape index (κ1) is 14.8. The number of ether oxygens (including phenoxy) is 1. The van der Waals surface area contributed by atoms with Crippen LogP contribution in [0.15, 0.2) is 34.9 Å². The zero-order chi connectivity index (χ0) is 16.7. The minimum absolute atomic E-state index is 0.189. The predicted molar refractivity (Wildman–Crippen MR) is 87.2 cm³/mol. The lowest BCUT2D eigenvalue weighted by Gasteiger charge is -2.09. The van der Waals surface area contributed by atoms with Gasteiger partial charge in [0.1, 0.15) is 29.3 Å². The average Bonchev–Trinajstić information content (AvgIpc) is 3.14. The van der Waals surface area contributed by atoms with E-state index in [9.17, 15) is 9.90 Å². The van der Waals surface area contributed by atoms with E-state index in [0.29, 0.717) is 29.1 Å². The van der Waals surface area contributed by atoms with E-state index in [1.165, 1.54) is 12.8 Å². The van der Waals surface area contributed by atoms with Crippen LogP contribution in [0.5, 0.6) is 5.75 Å². The largest absolute Gasteiger partial charge is 0.487 e. The van der Waals surface area contributed by atoms with Gasteiger partial charge in [-0.15, -0.1) is 0 Å². The van der Waals surface area contributed by atoms with Crippen molar-refractivity contribution in [3.63, 3.8) is 0 Å². The van der Waals surface area contributed by atoms with E-state index in [1.54, 1.807) is 31.3 Å². The fraction of sp³-hybridized carbons (Fsp3) is 0.333.